The molecule has 0 aromatic rings. The SMILES string of the molecule is COCCN(CCC#N)C(=O)CCC1CCCNC1. The first-order chi connectivity index (χ1) is 9.27. The summed E-state index contributed by atoms with van der Waals surface area (Å²) in [4.78, 5) is 13.9. The number of nitrogens with one attached hydrogen (secondary N) is 1. The van der Waals surface area contributed by atoms with Crippen molar-refractivity contribution in [3.63, 3.8) is 0 Å². The molecule has 1 fully saturated rings. The highest BCUT2D eigenvalue weighted by Crippen LogP contribution is 2.16. The first-order valence-corrected chi connectivity index (χ1v) is 7.12. The highest BCUT2D eigenvalue weighted by Gasteiger charge is 2.17. The summed E-state index contributed by atoms with van der Waals surface area (Å²) >= 11 is 0. The molecule has 1 rings (SSSR count). The second kappa shape index (κ2) is 9.76. The van der Waals surface area contributed by atoms with Crippen molar-refractivity contribution in [1.82, 2.24) is 10.2 Å². The Labute approximate surface area is 115 Å². The van der Waals surface area contributed by atoms with Crippen LogP contribution in [0.4, 0.5) is 0 Å². The standard InChI is InChI=1S/C14H25N3O2/c1-19-11-10-17(9-3-7-15)14(18)6-5-13-4-2-8-16-12-13/h13,16H,2-6,8-12H2,1H3. The number of carbonyl (C=O) groups excluding carboxylic acids is 1. The number of hydrogen-bond acceptors (Lipinski definition) is 4. The molecule has 1 saturated heterocycles. The van der Waals surface area contributed by atoms with Crippen molar-refractivity contribution >= 4 is 5.91 Å². The molecule has 0 bridgehead atoms. The van der Waals surface area contributed by atoms with Crippen LogP contribution in [-0.4, -0.2) is 50.7 Å². The van der Waals surface area contributed by atoms with Crippen LogP contribution in [0.5, 0.6) is 0 Å². The van der Waals surface area contributed by atoms with Gasteiger partial charge in [-0.2, -0.15) is 5.26 Å². The van der Waals surface area contributed by atoms with Crippen molar-refractivity contribution in [2.24, 2.45) is 5.92 Å². The Bertz CT molecular complexity index is 296. The molecule has 0 aromatic heterocycles. The molecule has 108 valence electrons. The van der Waals surface area contributed by atoms with Crippen LogP contribution in [0.15, 0.2) is 0 Å². The molecule has 1 heterocycles. The van der Waals surface area contributed by atoms with E-state index in [4.69, 9.17) is 10.00 Å². The number of rotatable bonds is 8. The van der Waals surface area contributed by atoms with Crippen molar-refractivity contribution in [2.75, 3.05) is 39.9 Å². The summed E-state index contributed by atoms with van der Waals surface area (Å²) in [6.07, 6.45) is 4.35. The Morgan fingerprint density at radius 2 is 2.37 bits per heavy atom. The van der Waals surface area contributed by atoms with Gasteiger partial charge in [0.2, 0.25) is 5.91 Å². The maximum atomic E-state index is 12.1. The number of hydrogen-bond donors (Lipinski definition) is 1. The third-order valence-electron chi connectivity index (χ3n) is 3.58. The van der Waals surface area contributed by atoms with Gasteiger partial charge in [0.25, 0.3) is 0 Å². The number of methoxy groups -OCH3 is 1. The quantitative estimate of drug-likeness (QED) is 0.716. The van der Waals surface area contributed by atoms with E-state index in [0.29, 0.717) is 38.5 Å². The van der Waals surface area contributed by atoms with Gasteiger partial charge in [-0.15, -0.1) is 0 Å². The summed E-state index contributed by atoms with van der Waals surface area (Å²) in [5.74, 6) is 0.774. The van der Waals surface area contributed by atoms with Crippen LogP contribution in [-0.2, 0) is 9.53 Å². The van der Waals surface area contributed by atoms with E-state index < -0.39 is 0 Å². The van der Waals surface area contributed by atoms with E-state index >= 15 is 0 Å². The maximum absolute atomic E-state index is 12.1. The lowest BCUT2D eigenvalue weighted by molar-refractivity contribution is -0.132. The van der Waals surface area contributed by atoms with E-state index in [1.807, 2.05) is 0 Å². The van der Waals surface area contributed by atoms with Gasteiger partial charge in [-0.05, 0) is 38.3 Å². The predicted molar refractivity (Wildman–Crippen MR) is 73.5 cm³/mol. The van der Waals surface area contributed by atoms with Gasteiger partial charge < -0.3 is 15.0 Å². The van der Waals surface area contributed by atoms with Gasteiger partial charge in [0.05, 0.1) is 19.1 Å². The Kier molecular flexibility index (Phi) is 8.19. The average molecular weight is 267 g/mol. The summed E-state index contributed by atoms with van der Waals surface area (Å²) in [5, 5.41) is 12.0. The lowest BCUT2D eigenvalue weighted by atomic mass is 9.94. The number of piperidine rings is 1. The average Bonchev–Trinajstić information content (AvgIpc) is 2.46. The third-order valence-corrected chi connectivity index (χ3v) is 3.58. The van der Waals surface area contributed by atoms with E-state index in [0.717, 1.165) is 19.5 Å². The molecule has 1 aliphatic heterocycles. The molecule has 0 aliphatic carbocycles. The molecule has 1 N–H and O–H groups in total. The number of ether oxygens (including phenoxy) is 1. The van der Waals surface area contributed by atoms with Crippen molar-refractivity contribution < 1.29 is 9.53 Å². The highest BCUT2D eigenvalue weighted by molar-refractivity contribution is 5.76. The second-order valence-electron chi connectivity index (χ2n) is 5.03. The Morgan fingerprint density at radius 1 is 1.53 bits per heavy atom. The minimum Gasteiger partial charge on any atom is -0.383 e. The molecule has 0 aromatic carbocycles. The van der Waals surface area contributed by atoms with E-state index in [1.54, 1.807) is 12.0 Å². The first-order valence-electron chi connectivity index (χ1n) is 7.12. The molecule has 1 aliphatic rings. The topological polar surface area (TPSA) is 65.4 Å². The zero-order valence-electron chi connectivity index (χ0n) is 11.9. The minimum atomic E-state index is 0.151. The Morgan fingerprint density at radius 3 is 3.00 bits per heavy atom. The van der Waals surface area contributed by atoms with Crippen molar-refractivity contribution in [2.45, 2.75) is 32.1 Å². The van der Waals surface area contributed by atoms with Gasteiger partial charge in [0, 0.05) is 26.6 Å². The lowest BCUT2D eigenvalue weighted by Crippen LogP contribution is -2.36. The maximum Gasteiger partial charge on any atom is 0.222 e. The van der Waals surface area contributed by atoms with Crippen LogP contribution in [0.25, 0.3) is 0 Å². The Hall–Kier alpha value is -1.12. The fraction of sp³-hybridized carbons (Fsp3) is 0.857. The van der Waals surface area contributed by atoms with Gasteiger partial charge >= 0.3 is 0 Å². The normalized spacial score (nSPS) is 18.8. The second-order valence-corrected chi connectivity index (χ2v) is 5.03. The molecule has 5 nitrogen and oxygen atoms in total. The van der Waals surface area contributed by atoms with Gasteiger partial charge in [-0.3, -0.25) is 4.79 Å². The molecular weight excluding hydrogens is 242 g/mol. The zero-order chi connectivity index (χ0) is 13.9. The number of carbonyl (C=O) groups is 1. The van der Waals surface area contributed by atoms with E-state index in [-0.39, 0.29) is 5.91 Å². The largest absolute Gasteiger partial charge is 0.383 e. The summed E-state index contributed by atoms with van der Waals surface area (Å²) in [6, 6.07) is 2.09. The van der Waals surface area contributed by atoms with Crippen LogP contribution in [0.1, 0.15) is 32.1 Å². The summed E-state index contributed by atoms with van der Waals surface area (Å²) in [6.45, 7) is 3.76. The van der Waals surface area contributed by atoms with E-state index in [2.05, 4.69) is 11.4 Å². The van der Waals surface area contributed by atoms with Crippen LogP contribution >= 0.6 is 0 Å². The van der Waals surface area contributed by atoms with Crippen LogP contribution in [0.3, 0.4) is 0 Å². The van der Waals surface area contributed by atoms with Gasteiger partial charge in [0.15, 0.2) is 0 Å². The zero-order valence-corrected chi connectivity index (χ0v) is 11.9. The number of nitrogens with zero attached hydrogens (tertiary/aromatic N) is 2. The van der Waals surface area contributed by atoms with Crippen molar-refractivity contribution in [3.8, 4) is 6.07 Å². The van der Waals surface area contributed by atoms with Crippen LogP contribution in [0, 0.1) is 17.2 Å². The fourth-order valence-corrected chi connectivity index (χ4v) is 2.40. The van der Waals surface area contributed by atoms with Crippen LogP contribution < -0.4 is 5.32 Å². The lowest BCUT2D eigenvalue weighted by Gasteiger charge is -2.25. The number of amides is 1. The molecule has 1 unspecified atom stereocenters. The molecule has 1 atom stereocenters. The van der Waals surface area contributed by atoms with Gasteiger partial charge in [-0.1, -0.05) is 0 Å². The smallest absolute Gasteiger partial charge is 0.222 e. The molecule has 0 radical (unpaired) electrons. The molecule has 19 heavy (non-hydrogen) atoms. The minimum absolute atomic E-state index is 0.151. The van der Waals surface area contributed by atoms with E-state index in [9.17, 15) is 4.79 Å². The first kappa shape index (κ1) is 15.9. The van der Waals surface area contributed by atoms with Crippen molar-refractivity contribution in [1.29, 1.82) is 5.26 Å². The van der Waals surface area contributed by atoms with Crippen molar-refractivity contribution in [3.05, 3.63) is 0 Å². The summed E-state index contributed by atoms with van der Waals surface area (Å²) in [5.41, 5.74) is 0. The predicted octanol–water partition coefficient (Wildman–Crippen LogP) is 1.15. The fourth-order valence-electron chi connectivity index (χ4n) is 2.40. The highest BCUT2D eigenvalue weighted by atomic mass is 16.5. The molecule has 1 amide bonds. The molecule has 0 spiro atoms. The molecule has 5 heteroatoms. The monoisotopic (exact) mass is 267 g/mol. The summed E-state index contributed by atoms with van der Waals surface area (Å²) in [7, 11) is 1.63. The van der Waals surface area contributed by atoms with Crippen LogP contribution in [0.2, 0.25) is 0 Å². The van der Waals surface area contributed by atoms with Gasteiger partial charge in [0.1, 0.15) is 0 Å². The molecule has 0 saturated carbocycles. The third kappa shape index (κ3) is 6.55. The molecular formula is C14H25N3O2. The van der Waals surface area contributed by atoms with Gasteiger partial charge in [-0.25, -0.2) is 0 Å². The summed E-state index contributed by atoms with van der Waals surface area (Å²) < 4.78 is 5.01. The number of nitriles is 1. The Balaban J connectivity index is 2.30. The van der Waals surface area contributed by atoms with E-state index in [1.165, 1.54) is 12.8 Å².